The van der Waals surface area contributed by atoms with E-state index < -0.39 is 0 Å². The summed E-state index contributed by atoms with van der Waals surface area (Å²) in [5.41, 5.74) is 6.16. The second-order valence-corrected chi connectivity index (χ2v) is 7.92. The van der Waals surface area contributed by atoms with Gasteiger partial charge in [-0.25, -0.2) is 0 Å². The molecular formula is C23H29N3O. The molecule has 0 unspecified atom stereocenters. The Morgan fingerprint density at radius 2 is 1.85 bits per heavy atom. The fourth-order valence-corrected chi connectivity index (χ4v) is 4.05. The van der Waals surface area contributed by atoms with Gasteiger partial charge in [-0.2, -0.15) is 0 Å². The molecule has 2 aromatic carbocycles. The minimum Gasteiger partial charge on any atom is -0.382 e. The molecule has 2 aromatic rings. The fourth-order valence-electron chi connectivity index (χ4n) is 4.05. The number of piperidine rings is 1. The summed E-state index contributed by atoms with van der Waals surface area (Å²) in [7, 11) is 0. The Hall–Kier alpha value is -2.33. The molecule has 2 aliphatic rings. The van der Waals surface area contributed by atoms with Crippen molar-refractivity contribution in [3.63, 3.8) is 0 Å². The van der Waals surface area contributed by atoms with Crippen LogP contribution in [-0.2, 0) is 17.6 Å². The van der Waals surface area contributed by atoms with E-state index in [2.05, 4.69) is 58.9 Å². The van der Waals surface area contributed by atoms with Gasteiger partial charge >= 0.3 is 0 Å². The van der Waals surface area contributed by atoms with E-state index in [1.807, 2.05) is 6.07 Å². The molecular weight excluding hydrogens is 334 g/mol. The van der Waals surface area contributed by atoms with Crippen LogP contribution in [0.1, 0.15) is 36.0 Å². The Morgan fingerprint density at radius 3 is 2.63 bits per heavy atom. The highest BCUT2D eigenvalue weighted by molar-refractivity contribution is 5.94. The molecule has 27 heavy (non-hydrogen) atoms. The van der Waals surface area contributed by atoms with E-state index in [-0.39, 0.29) is 5.91 Å². The zero-order valence-electron chi connectivity index (χ0n) is 16.1. The van der Waals surface area contributed by atoms with Gasteiger partial charge in [-0.05, 0) is 61.9 Å². The number of aryl methyl sites for hydroxylation is 2. The molecule has 0 saturated carbocycles. The van der Waals surface area contributed by atoms with Crippen LogP contribution in [0.5, 0.6) is 0 Å². The number of amides is 1. The number of benzene rings is 2. The second kappa shape index (κ2) is 8.13. The van der Waals surface area contributed by atoms with Crippen molar-refractivity contribution in [3.05, 3.63) is 59.2 Å². The highest BCUT2D eigenvalue weighted by Crippen LogP contribution is 2.27. The van der Waals surface area contributed by atoms with Gasteiger partial charge in [0.05, 0.1) is 0 Å². The van der Waals surface area contributed by atoms with Crippen LogP contribution in [0, 0.1) is 6.92 Å². The van der Waals surface area contributed by atoms with E-state index in [9.17, 15) is 4.79 Å². The predicted octanol–water partition coefficient (Wildman–Crippen LogP) is 4.00. The molecule has 4 nitrogen and oxygen atoms in total. The molecule has 2 aliphatic heterocycles. The molecule has 0 aliphatic carbocycles. The lowest BCUT2D eigenvalue weighted by Crippen LogP contribution is -2.40. The number of hydrogen-bond donors (Lipinski definition) is 2. The molecule has 2 heterocycles. The summed E-state index contributed by atoms with van der Waals surface area (Å²) in [5.74, 6) is 0.126. The zero-order valence-corrected chi connectivity index (χ0v) is 16.1. The lowest BCUT2D eigenvalue weighted by Gasteiger charge is -2.33. The molecule has 1 amide bonds. The summed E-state index contributed by atoms with van der Waals surface area (Å²) in [5, 5.41) is 6.66. The first-order valence-corrected chi connectivity index (χ1v) is 10.1. The number of carbonyl (C=O) groups excluding carboxylic acids is 1. The zero-order chi connectivity index (χ0) is 18.6. The van der Waals surface area contributed by atoms with E-state index in [1.54, 1.807) is 0 Å². The van der Waals surface area contributed by atoms with E-state index in [0.29, 0.717) is 12.5 Å². The van der Waals surface area contributed by atoms with Gasteiger partial charge in [0, 0.05) is 43.5 Å². The molecule has 0 bridgehead atoms. The summed E-state index contributed by atoms with van der Waals surface area (Å²) in [6.45, 7) is 5.60. The van der Waals surface area contributed by atoms with Gasteiger partial charge in [-0.1, -0.05) is 29.8 Å². The van der Waals surface area contributed by atoms with Gasteiger partial charge in [0.1, 0.15) is 0 Å². The molecule has 4 heteroatoms. The summed E-state index contributed by atoms with van der Waals surface area (Å²) in [6, 6.07) is 15.8. The fraction of sp³-hybridized carbons (Fsp3) is 0.435. The van der Waals surface area contributed by atoms with Crippen molar-refractivity contribution in [1.29, 1.82) is 0 Å². The Kier molecular flexibility index (Phi) is 5.44. The topological polar surface area (TPSA) is 44.4 Å². The van der Waals surface area contributed by atoms with Crippen molar-refractivity contribution in [2.24, 2.45) is 0 Å². The van der Waals surface area contributed by atoms with Crippen LogP contribution in [0.3, 0.4) is 0 Å². The highest BCUT2D eigenvalue weighted by Gasteiger charge is 2.20. The Bertz CT molecular complexity index is 792. The van der Waals surface area contributed by atoms with Crippen LogP contribution < -0.4 is 10.6 Å². The average Bonchev–Trinajstić information content (AvgIpc) is 2.69. The van der Waals surface area contributed by atoms with Gasteiger partial charge < -0.3 is 15.5 Å². The largest absolute Gasteiger partial charge is 0.382 e. The number of rotatable bonds is 5. The number of hydrogen-bond acceptors (Lipinski definition) is 3. The summed E-state index contributed by atoms with van der Waals surface area (Å²) >= 11 is 0. The third-order valence-electron chi connectivity index (χ3n) is 5.80. The molecule has 2 N–H and O–H groups in total. The van der Waals surface area contributed by atoms with Crippen LogP contribution in [0.2, 0.25) is 0 Å². The van der Waals surface area contributed by atoms with Crippen molar-refractivity contribution in [2.75, 3.05) is 30.3 Å². The summed E-state index contributed by atoms with van der Waals surface area (Å²) < 4.78 is 0. The van der Waals surface area contributed by atoms with E-state index in [1.165, 1.54) is 35.2 Å². The lowest BCUT2D eigenvalue weighted by molar-refractivity contribution is -0.116. The van der Waals surface area contributed by atoms with Crippen molar-refractivity contribution in [1.82, 2.24) is 4.90 Å². The number of nitrogens with one attached hydrogen (secondary N) is 2. The Morgan fingerprint density at radius 1 is 1.07 bits per heavy atom. The second-order valence-electron chi connectivity index (χ2n) is 7.92. The monoisotopic (exact) mass is 363 g/mol. The minimum atomic E-state index is 0.126. The van der Waals surface area contributed by atoms with Crippen LogP contribution >= 0.6 is 0 Å². The standard InChI is InChI=1S/C23H29N3O/c1-17-2-4-18(5-3-17)10-13-26-14-11-20(12-15-26)24-21-7-8-22-19(16-21)6-9-23(27)25-22/h2-5,7-8,16,20,24H,6,9-15H2,1H3,(H,25,27). The first kappa shape index (κ1) is 18.1. The van der Waals surface area contributed by atoms with E-state index >= 15 is 0 Å². The van der Waals surface area contributed by atoms with Crippen LogP contribution in [-0.4, -0.2) is 36.5 Å². The number of carbonyl (C=O) groups is 1. The van der Waals surface area contributed by atoms with Crippen molar-refractivity contribution >= 4 is 17.3 Å². The van der Waals surface area contributed by atoms with Gasteiger partial charge in [0.25, 0.3) is 0 Å². The number of fused-ring (bicyclic) bond motifs is 1. The van der Waals surface area contributed by atoms with E-state index in [0.717, 1.165) is 38.2 Å². The number of nitrogens with zero attached hydrogens (tertiary/aromatic N) is 1. The molecule has 0 aromatic heterocycles. The molecule has 4 rings (SSSR count). The molecule has 0 radical (unpaired) electrons. The number of anilines is 2. The van der Waals surface area contributed by atoms with Crippen molar-refractivity contribution < 1.29 is 4.79 Å². The third-order valence-corrected chi connectivity index (χ3v) is 5.80. The summed E-state index contributed by atoms with van der Waals surface area (Å²) in [4.78, 5) is 14.1. The van der Waals surface area contributed by atoms with E-state index in [4.69, 9.17) is 0 Å². The molecule has 1 saturated heterocycles. The maximum absolute atomic E-state index is 11.5. The third kappa shape index (κ3) is 4.69. The first-order valence-electron chi connectivity index (χ1n) is 10.1. The average molecular weight is 364 g/mol. The Balaban J connectivity index is 1.25. The Labute approximate surface area is 162 Å². The molecule has 142 valence electrons. The first-order chi connectivity index (χ1) is 13.2. The highest BCUT2D eigenvalue weighted by atomic mass is 16.1. The van der Waals surface area contributed by atoms with Crippen molar-refractivity contribution in [2.45, 2.75) is 45.1 Å². The smallest absolute Gasteiger partial charge is 0.224 e. The normalized spacial score (nSPS) is 18.0. The maximum Gasteiger partial charge on any atom is 0.224 e. The number of likely N-dealkylation sites (tertiary alicyclic amines) is 1. The SMILES string of the molecule is Cc1ccc(CCN2CCC(Nc3ccc4c(c3)CCC(=O)N4)CC2)cc1. The summed E-state index contributed by atoms with van der Waals surface area (Å²) in [6.07, 6.45) is 4.93. The van der Waals surface area contributed by atoms with Crippen LogP contribution in [0.4, 0.5) is 11.4 Å². The molecule has 0 atom stereocenters. The van der Waals surface area contributed by atoms with Gasteiger partial charge in [0.15, 0.2) is 0 Å². The molecule has 1 fully saturated rings. The van der Waals surface area contributed by atoms with Gasteiger partial charge in [-0.3, -0.25) is 4.79 Å². The maximum atomic E-state index is 11.5. The quantitative estimate of drug-likeness (QED) is 0.844. The van der Waals surface area contributed by atoms with Gasteiger partial charge in [0.2, 0.25) is 5.91 Å². The molecule has 0 spiro atoms. The van der Waals surface area contributed by atoms with Crippen LogP contribution in [0.15, 0.2) is 42.5 Å². The predicted molar refractivity (Wildman–Crippen MR) is 111 cm³/mol. The minimum absolute atomic E-state index is 0.126. The lowest BCUT2D eigenvalue weighted by atomic mass is 10.0. The van der Waals surface area contributed by atoms with Crippen LogP contribution in [0.25, 0.3) is 0 Å². The van der Waals surface area contributed by atoms with Gasteiger partial charge in [-0.15, -0.1) is 0 Å². The van der Waals surface area contributed by atoms with Crippen molar-refractivity contribution in [3.8, 4) is 0 Å².